The van der Waals surface area contributed by atoms with E-state index in [-0.39, 0.29) is 0 Å². The average Bonchev–Trinajstić information content (AvgIpc) is 2.17. The zero-order valence-electron chi connectivity index (χ0n) is 11.7. The third kappa shape index (κ3) is 8.96. The van der Waals surface area contributed by atoms with Gasteiger partial charge in [-0.1, -0.05) is 73.1 Å². The Hall–Kier alpha value is 0. The summed E-state index contributed by atoms with van der Waals surface area (Å²) < 4.78 is 0. The van der Waals surface area contributed by atoms with Crippen LogP contribution in [0.4, 0.5) is 0 Å². The molecule has 0 nitrogen and oxygen atoms in total. The predicted octanol–water partition coefficient (Wildman–Crippen LogP) is 5.81. The molecule has 15 heavy (non-hydrogen) atoms. The van der Waals surface area contributed by atoms with Crippen LogP contribution in [0.1, 0.15) is 86.0 Å². The van der Waals surface area contributed by atoms with Crippen molar-refractivity contribution in [2.24, 2.45) is 11.3 Å². The van der Waals surface area contributed by atoms with Gasteiger partial charge in [-0.2, -0.15) is 0 Å². The van der Waals surface area contributed by atoms with Crippen LogP contribution in [0.3, 0.4) is 0 Å². The lowest BCUT2D eigenvalue weighted by atomic mass is 9.81. The summed E-state index contributed by atoms with van der Waals surface area (Å²) in [5, 5.41) is 0. The second-order valence-corrected chi connectivity index (χ2v) is 6.03. The monoisotopic (exact) mass is 212 g/mol. The molecular weight excluding hydrogens is 180 g/mol. The molecule has 0 radical (unpaired) electrons. The van der Waals surface area contributed by atoms with Crippen LogP contribution in [0.2, 0.25) is 0 Å². The van der Waals surface area contributed by atoms with Crippen LogP contribution in [0.25, 0.3) is 0 Å². The fraction of sp³-hybridized carbons (Fsp3) is 1.00. The van der Waals surface area contributed by atoms with Gasteiger partial charge >= 0.3 is 0 Å². The summed E-state index contributed by atoms with van der Waals surface area (Å²) in [5.74, 6) is 0.927. The van der Waals surface area contributed by atoms with Crippen LogP contribution < -0.4 is 0 Å². The highest BCUT2D eigenvalue weighted by Gasteiger charge is 2.16. The van der Waals surface area contributed by atoms with E-state index in [9.17, 15) is 0 Å². The van der Waals surface area contributed by atoms with Crippen LogP contribution >= 0.6 is 0 Å². The highest BCUT2D eigenvalue weighted by atomic mass is 14.2. The topological polar surface area (TPSA) is 0 Å². The molecule has 0 aromatic heterocycles. The molecule has 0 saturated carbocycles. The van der Waals surface area contributed by atoms with Crippen molar-refractivity contribution in [3.05, 3.63) is 0 Å². The predicted molar refractivity (Wildman–Crippen MR) is 71.2 cm³/mol. The zero-order valence-corrected chi connectivity index (χ0v) is 11.7. The second-order valence-electron chi connectivity index (χ2n) is 6.03. The summed E-state index contributed by atoms with van der Waals surface area (Å²) in [4.78, 5) is 0. The first-order valence-electron chi connectivity index (χ1n) is 7.02. The van der Waals surface area contributed by atoms with Crippen molar-refractivity contribution < 1.29 is 0 Å². The highest BCUT2D eigenvalue weighted by molar-refractivity contribution is 4.69. The smallest absolute Gasteiger partial charge is 0.0354 e. The van der Waals surface area contributed by atoms with Crippen LogP contribution in [0.5, 0.6) is 0 Å². The molecule has 0 rings (SSSR count). The van der Waals surface area contributed by atoms with E-state index >= 15 is 0 Å². The molecule has 0 saturated heterocycles. The Labute approximate surface area is 97.8 Å². The third-order valence-corrected chi connectivity index (χ3v) is 3.70. The first-order valence-corrected chi connectivity index (χ1v) is 7.02. The van der Waals surface area contributed by atoms with Crippen molar-refractivity contribution in [3.63, 3.8) is 0 Å². The first-order chi connectivity index (χ1) is 7.02. The third-order valence-electron chi connectivity index (χ3n) is 3.70. The Balaban J connectivity index is 3.54. The molecule has 0 fully saturated rings. The standard InChI is InChI=1S/C15H32/c1-6-8-9-12-15(4,5)13-10-11-14(3)7-2/h14H,6-13H2,1-5H3. The maximum Gasteiger partial charge on any atom is -0.0354 e. The Morgan fingerprint density at radius 3 is 2.07 bits per heavy atom. The Kier molecular flexibility index (Phi) is 8.19. The molecule has 0 heterocycles. The summed E-state index contributed by atoms with van der Waals surface area (Å²) in [7, 11) is 0. The van der Waals surface area contributed by atoms with Crippen LogP contribution in [0.15, 0.2) is 0 Å². The molecule has 0 amide bonds. The van der Waals surface area contributed by atoms with Gasteiger partial charge in [0.25, 0.3) is 0 Å². The highest BCUT2D eigenvalue weighted by Crippen LogP contribution is 2.30. The normalized spacial score (nSPS) is 14.2. The van der Waals surface area contributed by atoms with Crippen molar-refractivity contribution in [3.8, 4) is 0 Å². The minimum absolute atomic E-state index is 0.586. The van der Waals surface area contributed by atoms with Gasteiger partial charge in [-0.3, -0.25) is 0 Å². The largest absolute Gasteiger partial charge is 0.0654 e. The van der Waals surface area contributed by atoms with E-state index in [4.69, 9.17) is 0 Å². The van der Waals surface area contributed by atoms with E-state index in [2.05, 4.69) is 34.6 Å². The first kappa shape index (κ1) is 15.0. The lowest BCUT2D eigenvalue weighted by molar-refractivity contribution is 0.276. The lowest BCUT2D eigenvalue weighted by Gasteiger charge is -2.25. The molecule has 0 N–H and O–H groups in total. The molecule has 92 valence electrons. The van der Waals surface area contributed by atoms with Gasteiger partial charge in [0.2, 0.25) is 0 Å². The average molecular weight is 212 g/mol. The summed E-state index contributed by atoms with van der Waals surface area (Å²) in [6.45, 7) is 11.9. The summed E-state index contributed by atoms with van der Waals surface area (Å²) in [6.07, 6.45) is 11.2. The van der Waals surface area contributed by atoms with Crippen molar-refractivity contribution in [1.82, 2.24) is 0 Å². The quantitative estimate of drug-likeness (QED) is 0.423. The van der Waals surface area contributed by atoms with Crippen LogP contribution in [-0.4, -0.2) is 0 Å². The number of hydrogen-bond acceptors (Lipinski definition) is 0. The van der Waals surface area contributed by atoms with Gasteiger partial charge in [-0.05, 0) is 24.2 Å². The molecule has 0 aromatic rings. The minimum Gasteiger partial charge on any atom is -0.0654 e. The number of unbranched alkanes of at least 4 members (excludes halogenated alkanes) is 2. The van der Waals surface area contributed by atoms with Crippen molar-refractivity contribution in [2.45, 2.75) is 86.0 Å². The molecular formula is C15H32. The SMILES string of the molecule is CCCCCC(C)(C)CCCC(C)CC. The number of rotatable bonds is 9. The molecule has 0 heteroatoms. The zero-order chi connectivity index (χ0) is 11.7. The van der Waals surface area contributed by atoms with Crippen LogP contribution in [0, 0.1) is 11.3 Å². The second kappa shape index (κ2) is 8.19. The molecule has 0 aromatic carbocycles. The molecule has 0 aliphatic rings. The molecule has 0 aliphatic heterocycles. The van der Waals surface area contributed by atoms with Crippen molar-refractivity contribution in [1.29, 1.82) is 0 Å². The Morgan fingerprint density at radius 1 is 0.933 bits per heavy atom. The maximum atomic E-state index is 2.44. The molecule has 0 aliphatic carbocycles. The molecule has 1 unspecified atom stereocenters. The van der Waals surface area contributed by atoms with Crippen molar-refractivity contribution >= 4 is 0 Å². The van der Waals surface area contributed by atoms with Gasteiger partial charge in [-0.15, -0.1) is 0 Å². The number of hydrogen-bond donors (Lipinski definition) is 0. The summed E-state index contributed by atoms with van der Waals surface area (Å²) in [6, 6.07) is 0. The van der Waals surface area contributed by atoms with Gasteiger partial charge < -0.3 is 0 Å². The van der Waals surface area contributed by atoms with E-state index in [0.29, 0.717) is 5.41 Å². The van der Waals surface area contributed by atoms with Crippen molar-refractivity contribution in [2.75, 3.05) is 0 Å². The van der Waals surface area contributed by atoms with Gasteiger partial charge in [0.1, 0.15) is 0 Å². The fourth-order valence-corrected chi connectivity index (χ4v) is 2.11. The maximum absolute atomic E-state index is 2.44. The minimum atomic E-state index is 0.586. The molecule has 1 atom stereocenters. The van der Waals surface area contributed by atoms with E-state index in [0.717, 1.165) is 5.92 Å². The Bertz CT molecular complexity index is 135. The van der Waals surface area contributed by atoms with Crippen LogP contribution in [-0.2, 0) is 0 Å². The van der Waals surface area contributed by atoms with E-state index < -0.39 is 0 Å². The lowest BCUT2D eigenvalue weighted by Crippen LogP contribution is -2.11. The van der Waals surface area contributed by atoms with Gasteiger partial charge in [0, 0.05) is 0 Å². The fourth-order valence-electron chi connectivity index (χ4n) is 2.11. The van der Waals surface area contributed by atoms with E-state index in [1.54, 1.807) is 0 Å². The van der Waals surface area contributed by atoms with E-state index in [1.807, 2.05) is 0 Å². The molecule has 0 bridgehead atoms. The van der Waals surface area contributed by atoms with E-state index in [1.165, 1.54) is 51.4 Å². The van der Waals surface area contributed by atoms with Gasteiger partial charge in [0.05, 0.1) is 0 Å². The summed E-state index contributed by atoms with van der Waals surface area (Å²) >= 11 is 0. The summed E-state index contributed by atoms with van der Waals surface area (Å²) in [5.41, 5.74) is 0.586. The van der Waals surface area contributed by atoms with Gasteiger partial charge in [-0.25, -0.2) is 0 Å². The van der Waals surface area contributed by atoms with Gasteiger partial charge in [0.15, 0.2) is 0 Å². The molecule has 0 spiro atoms. The Morgan fingerprint density at radius 2 is 1.53 bits per heavy atom.